The van der Waals surface area contributed by atoms with Gasteiger partial charge in [0, 0.05) is 17.1 Å². The van der Waals surface area contributed by atoms with Crippen LogP contribution in [0.25, 0.3) is 0 Å². The summed E-state index contributed by atoms with van der Waals surface area (Å²) in [6, 6.07) is 5.00. The lowest BCUT2D eigenvalue weighted by molar-refractivity contribution is -0.149. The third kappa shape index (κ3) is 3.51. The van der Waals surface area contributed by atoms with Crippen molar-refractivity contribution in [1.82, 2.24) is 5.32 Å². The zero-order valence-corrected chi connectivity index (χ0v) is 12.8. The van der Waals surface area contributed by atoms with Gasteiger partial charge in [0.25, 0.3) is 5.91 Å². The van der Waals surface area contributed by atoms with Crippen molar-refractivity contribution in [3.05, 3.63) is 34.3 Å². The molecule has 0 aromatic heterocycles. The Bertz CT molecular complexity index is 510. The first-order valence-electron chi connectivity index (χ1n) is 6.64. The summed E-state index contributed by atoms with van der Waals surface area (Å²) in [5.74, 6) is -1.15. The molecule has 1 rings (SSSR count). The van der Waals surface area contributed by atoms with E-state index in [9.17, 15) is 14.7 Å². The molecule has 5 heteroatoms. The Morgan fingerprint density at radius 3 is 2.35 bits per heavy atom. The maximum Gasteiger partial charge on any atom is 0.311 e. The Balaban J connectivity index is 2.83. The number of benzene rings is 1. The van der Waals surface area contributed by atoms with Crippen LogP contribution in [0, 0.1) is 12.3 Å². The van der Waals surface area contributed by atoms with Crippen LogP contribution in [0.2, 0.25) is 5.02 Å². The second-order valence-corrected chi connectivity index (χ2v) is 5.37. The van der Waals surface area contributed by atoms with E-state index in [0.29, 0.717) is 23.4 Å². The Labute approximate surface area is 124 Å². The molecule has 0 fully saturated rings. The van der Waals surface area contributed by atoms with Crippen molar-refractivity contribution in [3.63, 3.8) is 0 Å². The van der Waals surface area contributed by atoms with Gasteiger partial charge in [0.1, 0.15) is 0 Å². The molecular formula is C15H20ClNO3. The molecule has 4 nitrogen and oxygen atoms in total. The van der Waals surface area contributed by atoms with E-state index in [1.165, 1.54) is 0 Å². The Kier molecular flexibility index (Phi) is 5.57. The number of hydrogen-bond acceptors (Lipinski definition) is 2. The first-order chi connectivity index (χ1) is 9.36. The lowest BCUT2D eigenvalue weighted by Gasteiger charge is -2.27. The lowest BCUT2D eigenvalue weighted by Crippen LogP contribution is -2.42. The molecule has 1 aromatic carbocycles. The Morgan fingerprint density at radius 1 is 1.30 bits per heavy atom. The highest BCUT2D eigenvalue weighted by molar-refractivity contribution is 6.30. The minimum Gasteiger partial charge on any atom is -0.481 e. The number of halogens is 1. The highest BCUT2D eigenvalue weighted by atomic mass is 35.5. The fraction of sp³-hybridized carbons (Fsp3) is 0.467. The SMILES string of the molecule is CCC(CC)(CNC(=O)c1ccc(Cl)cc1C)C(=O)O. The van der Waals surface area contributed by atoms with Crippen molar-refractivity contribution in [2.24, 2.45) is 5.41 Å². The van der Waals surface area contributed by atoms with Gasteiger partial charge >= 0.3 is 5.97 Å². The van der Waals surface area contributed by atoms with Gasteiger partial charge in [-0.1, -0.05) is 25.4 Å². The lowest BCUT2D eigenvalue weighted by atomic mass is 9.82. The van der Waals surface area contributed by atoms with Crippen LogP contribution in [-0.4, -0.2) is 23.5 Å². The van der Waals surface area contributed by atoms with Gasteiger partial charge in [0.05, 0.1) is 5.41 Å². The van der Waals surface area contributed by atoms with Gasteiger partial charge < -0.3 is 10.4 Å². The van der Waals surface area contributed by atoms with Gasteiger partial charge in [-0.2, -0.15) is 0 Å². The van der Waals surface area contributed by atoms with Crippen LogP contribution < -0.4 is 5.32 Å². The molecule has 0 spiro atoms. The van der Waals surface area contributed by atoms with Crippen molar-refractivity contribution < 1.29 is 14.7 Å². The number of amides is 1. The van der Waals surface area contributed by atoms with Gasteiger partial charge in [0.2, 0.25) is 0 Å². The average molecular weight is 298 g/mol. The Hall–Kier alpha value is -1.55. The van der Waals surface area contributed by atoms with E-state index in [1.54, 1.807) is 25.1 Å². The van der Waals surface area contributed by atoms with E-state index >= 15 is 0 Å². The molecular weight excluding hydrogens is 278 g/mol. The van der Waals surface area contributed by atoms with Gasteiger partial charge in [-0.15, -0.1) is 0 Å². The van der Waals surface area contributed by atoms with E-state index < -0.39 is 11.4 Å². The van der Waals surface area contributed by atoms with Crippen LogP contribution in [0.5, 0.6) is 0 Å². The highest BCUT2D eigenvalue weighted by Gasteiger charge is 2.35. The van der Waals surface area contributed by atoms with E-state index in [1.807, 2.05) is 13.8 Å². The van der Waals surface area contributed by atoms with Gasteiger partial charge in [-0.3, -0.25) is 9.59 Å². The molecule has 0 saturated heterocycles. The van der Waals surface area contributed by atoms with Crippen molar-refractivity contribution in [2.45, 2.75) is 33.6 Å². The molecule has 2 N–H and O–H groups in total. The first kappa shape index (κ1) is 16.5. The number of nitrogens with one attached hydrogen (secondary N) is 1. The largest absolute Gasteiger partial charge is 0.481 e. The van der Waals surface area contributed by atoms with Crippen LogP contribution in [0.4, 0.5) is 0 Å². The smallest absolute Gasteiger partial charge is 0.311 e. The molecule has 1 aromatic rings. The summed E-state index contributed by atoms with van der Waals surface area (Å²) < 4.78 is 0. The summed E-state index contributed by atoms with van der Waals surface area (Å²) in [4.78, 5) is 23.5. The van der Waals surface area contributed by atoms with Crippen molar-refractivity contribution in [1.29, 1.82) is 0 Å². The summed E-state index contributed by atoms with van der Waals surface area (Å²) in [5, 5.41) is 12.6. The maximum atomic E-state index is 12.1. The molecule has 1 amide bonds. The van der Waals surface area contributed by atoms with E-state index in [-0.39, 0.29) is 12.5 Å². The van der Waals surface area contributed by atoms with Gasteiger partial charge in [-0.05, 0) is 43.5 Å². The molecule has 110 valence electrons. The predicted molar refractivity (Wildman–Crippen MR) is 79.2 cm³/mol. The monoisotopic (exact) mass is 297 g/mol. The third-order valence-electron chi connectivity index (χ3n) is 3.83. The summed E-state index contributed by atoms with van der Waals surface area (Å²) >= 11 is 5.85. The van der Waals surface area contributed by atoms with Crippen molar-refractivity contribution in [2.75, 3.05) is 6.54 Å². The molecule has 0 saturated carbocycles. The van der Waals surface area contributed by atoms with Crippen LogP contribution in [0.1, 0.15) is 42.6 Å². The van der Waals surface area contributed by atoms with Crippen LogP contribution in [0.3, 0.4) is 0 Å². The molecule has 0 radical (unpaired) electrons. The minimum atomic E-state index is -0.907. The molecule has 0 aliphatic heterocycles. The van der Waals surface area contributed by atoms with Crippen molar-refractivity contribution in [3.8, 4) is 0 Å². The number of carboxylic acids is 1. The minimum absolute atomic E-state index is 0.121. The standard InChI is InChI=1S/C15H20ClNO3/c1-4-15(5-2,14(19)20)9-17-13(18)12-7-6-11(16)8-10(12)3/h6-8H,4-5,9H2,1-3H3,(H,17,18)(H,19,20). The van der Waals surface area contributed by atoms with Crippen LogP contribution >= 0.6 is 11.6 Å². The number of carbonyl (C=O) groups excluding carboxylic acids is 1. The zero-order chi connectivity index (χ0) is 15.3. The number of carboxylic acid groups (broad SMARTS) is 1. The quantitative estimate of drug-likeness (QED) is 0.847. The number of rotatable bonds is 6. The topological polar surface area (TPSA) is 66.4 Å². The maximum absolute atomic E-state index is 12.1. The number of carbonyl (C=O) groups is 2. The summed E-state index contributed by atoms with van der Waals surface area (Å²) in [5.41, 5.74) is 0.375. The number of aliphatic carboxylic acids is 1. The van der Waals surface area contributed by atoms with E-state index in [4.69, 9.17) is 11.6 Å². The molecule has 0 heterocycles. The average Bonchev–Trinajstić information content (AvgIpc) is 2.39. The summed E-state index contributed by atoms with van der Waals surface area (Å²) in [6.45, 7) is 5.55. The van der Waals surface area contributed by atoms with E-state index in [0.717, 1.165) is 5.56 Å². The summed E-state index contributed by atoms with van der Waals surface area (Å²) in [6.07, 6.45) is 0.942. The second-order valence-electron chi connectivity index (χ2n) is 4.93. The van der Waals surface area contributed by atoms with Gasteiger partial charge in [-0.25, -0.2) is 0 Å². The Morgan fingerprint density at radius 2 is 1.90 bits per heavy atom. The van der Waals surface area contributed by atoms with Crippen LogP contribution in [0.15, 0.2) is 18.2 Å². The fourth-order valence-electron chi connectivity index (χ4n) is 2.10. The normalized spacial score (nSPS) is 11.2. The first-order valence-corrected chi connectivity index (χ1v) is 7.02. The predicted octanol–water partition coefficient (Wildman–Crippen LogP) is 3.27. The molecule has 0 atom stereocenters. The van der Waals surface area contributed by atoms with Crippen molar-refractivity contribution >= 4 is 23.5 Å². The number of aryl methyl sites for hydroxylation is 1. The van der Waals surface area contributed by atoms with Gasteiger partial charge in [0.15, 0.2) is 0 Å². The summed E-state index contributed by atoms with van der Waals surface area (Å²) in [7, 11) is 0. The molecule has 0 bridgehead atoms. The molecule has 0 aliphatic rings. The fourth-order valence-corrected chi connectivity index (χ4v) is 2.33. The van der Waals surface area contributed by atoms with Crippen LogP contribution in [-0.2, 0) is 4.79 Å². The second kappa shape index (κ2) is 6.75. The third-order valence-corrected chi connectivity index (χ3v) is 4.06. The van der Waals surface area contributed by atoms with E-state index in [2.05, 4.69) is 5.32 Å². The molecule has 20 heavy (non-hydrogen) atoms. The molecule has 0 unspecified atom stereocenters. The highest BCUT2D eigenvalue weighted by Crippen LogP contribution is 2.26. The zero-order valence-electron chi connectivity index (χ0n) is 12.0. The molecule has 0 aliphatic carbocycles. The number of hydrogen-bond donors (Lipinski definition) is 2.